The van der Waals surface area contributed by atoms with Crippen LogP contribution in [0.2, 0.25) is 0 Å². The second kappa shape index (κ2) is 13.5. The summed E-state index contributed by atoms with van der Waals surface area (Å²) < 4.78 is 0. The lowest BCUT2D eigenvalue weighted by Crippen LogP contribution is -2.11. The van der Waals surface area contributed by atoms with Gasteiger partial charge in [-0.2, -0.15) is 0 Å². The van der Waals surface area contributed by atoms with E-state index < -0.39 is 0 Å². The van der Waals surface area contributed by atoms with E-state index in [0.717, 1.165) is 44.6 Å². The van der Waals surface area contributed by atoms with Gasteiger partial charge in [0.05, 0.1) is 12.3 Å². The van der Waals surface area contributed by atoms with E-state index in [1.165, 1.54) is 10.9 Å². The number of aliphatic hydroxyl groups is 1. The number of anilines is 2. The van der Waals surface area contributed by atoms with Crippen molar-refractivity contribution in [3.63, 3.8) is 0 Å². The molecule has 0 atom stereocenters. The summed E-state index contributed by atoms with van der Waals surface area (Å²) >= 11 is 0. The van der Waals surface area contributed by atoms with Crippen LogP contribution >= 0.6 is 0 Å². The zero-order valence-electron chi connectivity index (χ0n) is 23.9. The van der Waals surface area contributed by atoms with E-state index in [4.69, 9.17) is 0 Å². The first-order chi connectivity index (χ1) is 21.3. The third kappa shape index (κ3) is 6.56. The van der Waals surface area contributed by atoms with Gasteiger partial charge in [-0.3, -0.25) is 0 Å². The van der Waals surface area contributed by atoms with Gasteiger partial charge in [0.15, 0.2) is 0 Å². The maximum Gasteiger partial charge on any atom is 0.0681 e. The number of aliphatic hydroxyl groups excluding tert-OH is 1. The zero-order chi connectivity index (χ0) is 29.3. The molecular formula is C41H33NO. The number of fused-ring (bicyclic) bond motifs is 1. The van der Waals surface area contributed by atoms with Gasteiger partial charge in [-0.15, -0.1) is 0 Å². The molecule has 43 heavy (non-hydrogen) atoms. The maximum atomic E-state index is 9.72. The van der Waals surface area contributed by atoms with E-state index in [0.29, 0.717) is 0 Å². The summed E-state index contributed by atoms with van der Waals surface area (Å²) in [6.07, 6.45) is 10.7. The summed E-state index contributed by atoms with van der Waals surface area (Å²) in [5.41, 5.74) is 8.70. The summed E-state index contributed by atoms with van der Waals surface area (Å²) in [4.78, 5) is 2.27. The maximum absolute atomic E-state index is 9.72. The highest BCUT2D eigenvalue weighted by Gasteiger charge is 2.15. The van der Waals surface area contributed by atoms with Gasteiger partial charge < -0.3 is 10.0 Å². The van der Waals surface area contributed by atoms with Crippen molar-refractivity contribution in [2.75, 3.05) is 4.90 Å². The molecule has 0 amide bonds. The highest BCUT2D eigenvalue weighted by Crippen LogP contribution is 2.37. The lowest BCUT2D eigenvalue weighted by atomic mass is 9.97. The lowest BCUT2D eigenvalue weighted by molar-refractivity contribution is 0.282. The van der Waals surface area contributed by atoms with Crippen molar-refractivity contribution in [2.45, 2.75) is 6.61 Å². The normalized spacial score (nSPS) is 11.3. The first-order valence-corrected chi connectivity index (χ1v) is 14.5. The molecule has 2 nitrogen and oxygen atoms in total. The monoisotopic (exact) mass is 555 g/mol. The molecule has 0 aromatic heterocycles. The molecule has 0 aliphatic carbocycles. The van der Waals surface area contributed by atoms with Crippen molar-refractivity contribution in [1.29, 1.82) is 0 Å². The molecule has 0 saturated carbocycles. The van der Waals surface area contributed by atoms with Gasteiger partial charge in [0.2, 0.25) is 0 Å². The van der Waals surface area contributed by atoms with Crippen LogP contribution < -0.4 is 4.90 Å². The van der Waals surface area contributed by atoms with Gasteiger partial charge in [-0.25, -0.2) is 0 Å². The Morgan fingerprint density at radius 1 is 0.535 bits per heavy atom. The number of hydrogen-bond acceptors (Lipinski definition) is 2. The number of allylic oxidation sites excluding steroid dienone is 2. The van der Waals surface area contributed by atoms with E-state index in [1.807, 2.05) is 42.5 Å². The average molecular weight is 556 g/mol. The zero-order valence-corrected chi connectivity index (χ0v) is 23.9. The summed E-state index contributed by atoms with van der Waals surface area (Å²) in [6, 6.07) is 52.4. The molecule has 0 radical (unpaired) electrons. The van der Waals surface area contributed by atoms with E-state index in [-0.39, 0.29) is 6.61 Å². The van der Waals surface area contributed by atoms with E-state index in [9.17, 15) is 5.11 Å². The molecule has 6 aromatic rings. The van der Waals surface area contributed by atoms with Crippen LogP contribution in [0, 0.1) is 0 Å². The molecule has 6 rings (SSSR count). The number of benzene rings is 6. The lowest BCUT2D eigenvalue weighted by Gasteiger charge is -2.25. The van der Waals surface area contributed by atoms with Gasteiger partial charge in [-0.1, -0.05) is 158 Å². The van der Waals surface area contributed by atoms with Crippen LogP contribution in [0.1, 0.15) is 27.8 Å². The Morgan fingerprint density at radius 3 is 1.72 bits per heavy atom. The van der Waals surface area contributed by atoms with Gasteiger partial charge in [0.1, 0.15) is 0 Å². The number of hydrogen-bond donors (Lipinski definition) is 1. The predicted molar refractivity (Wildman–Crippen MR) is 183 cm³/mol. The summed E-state index contributed by atoms with van der Waals surface area (Å²) in [5.74, 6) is 0. The van der Waals surface area contributed by atoms with Crippen LogP contribution in [0.4, 0.5) is 11.4 Å². The first kappa shape index (κ1) is 27.7. The van der Waals surface area contributed by atoms with Gasteiger partial charge in [-0.05, 0) is 51.4 Å². The molecule has 2 heteroatoms. The SMILES string of the molecule is OCc1ccc(N(C=C(c2ccccc2)c2ccccc2)c2ccc(/C=C/C=C/c3ccccc3)c3ccccc23)cc1. The van der Waals surface area contributed by atoms with E-state index in [2.05, 4.69) is 145 Å². The molecule has 1 N–H and O–H groups in total. The highest BCUT2D eigenvalue weighted by molar-refractivity contribution is 6.02. The fraction of sp³-hybridized carbons (Fsp3) is 0.0244. The summed E-state index contributed by atoms with van der Waals surface area (Å²) in [5, 5.41) is 12.0. The third-order valence-electron chi connectivity index (χ3n) is 7.49. The smallest absolute Gasteiger partial charge is 0.0681 e. The van der Waals surface area contributed by atoms with Crippen LogP contribution in [0.5, 0.6) is 0 Å². The second-order valence-corrected chi connectivity index (χ2v) is 10.3. The van der Waals surface area contributed by atoms with Crippen molar-refractivity contribution in [2.24, 2.45) is 0 Å². The first-order valence-electron chi connectivity index (χ1n) is 14.5. The van der Waals surface area contributed by atoms with E-state index in [1.54, 1.807) is 0 Å². The largest absolute Gasteiger partial charge is 0.392 e. The molecule has 0 aliphatic heterocycles. The minimum absolute atomic E-state index is 0.0120. The fourth-order valence-electron chi connectivity index (χ4n) is 5.28. The van der Waals surface area contributed by atoms with Crippen molar-refractivity contribution in [3.05, 3.63) is 198 Å². The van der Waals surface area contributed by atoms with Crippen LogP contribution in [-0.2, 0) is 6.61 Å². The number of rotatable bonds is 9. The highest BCUT2D eigenvalue weighted by atomic mass is 16.3. The van der Waals surface area contributed by atoms with Crippen molar-refractivity contribution in [1.82, 2.24) is 0 Å². The Balaban J connectivity index is 1.49. The minimum atomic E-state index is 0.0120. The van der Waals surface area contributed by atoms with Crippen molar-refractivity contribution < 1.29 is 5.11 Å². The van der Waals surface area contributed by atoms with E-state index >= 15 is 0 Å². The number of nitrogens with zero attached hydrogens (tertiary/aromatic N) is 1. The molecule has 0 bridgehead atoms. The Hall–Kier alpha value is -5.44. The molecule has 0 spiro atoms. The van der Waals surface area contributed by atoms with Gasteiger partial charge in [0.25, 0.3) is 0 Å². The third-order valence-corrected chi connectivity index (χ3v) is 7.49. The molecule has 0 aliphatic rings. The quantitative estimate of drug-likeness (QED) is 0.179. The summed E-state index contributed by atoms with van der Waals surface area (Å²) in [7, 11) is 0. The van der Waals surface area contributed by atoms with Crippen LogP contribution in [-0.4, -0.2) is 5.11 Å². The van der Waals surface area contributed by atoms with Gasteiger partial charge in [0, 0.05) is 22.8 Å². The Labute approximate surface area is 253 Å². The van der Waals surface area contributed by atoms with Crippen LogP contribution in [0.25, 0.3) is 28.5 Å². The predicted octanol–water partition coefficient (Wildman–Crippen LogP) is 10.3. The topological polar surface area (TPSA) is 23.5 Å². The van der Waals surface area contributed by atoms with Crippen molar-refractivity contribution >= 4 is 39.9 Å². The minimum Gasteiger partial charge on any atom is -0.392 e. The Bertz CT molecular complexity index is 1830. The average Bonchev–Trinajstić information content (AvgIpc) is 3.09. The molecule has 0 saturated heterocycles. The van der Waals surface area contributed by atoms with Gasteiger partial charge >= 0.3 is 0 Å². The van der Waals surface area contributed by atoms with Crippen LogP contribution in [0.15, 0.2) is 170 Å². The van der Waals surface area contributed by atoms with Crippen LogP contribution in [0.3, 0.4) is 0 Å². The molecule has 0 heterocycles. The Morgan fingerprint density at radius 2 is 1.09 bits per heavy atom. The fourth-order valence-corrected chi connectivity index (χ4v) is 5.28. The standard InChI is InChI=1S/C41H33NO/c43-31-33-24-27-37(28-25-33)42(30-40(34-17-6-2-7-18-34)35-19-8-3-9-20-35)41-29-26-36(38-22-12-13-23-39(38)41)21-11-10-16-32-14-4-1-5-15-32/h1-30,43H,31H2/b16-10+,21-11+. The summed E-state index contributed by atoms with van der Waals surface area (Å²) in [6.45, 7) is 0.0120. The Kier molecular flexibility index (Phi) is 8.69. The second-order valence-electron chi connectivity index (χ2n) is 10.3. The molecule has 208 valence electrons. The molecular weight excluding hydrogens is 522 g/mol. The molecule has 0 fully saturated rings. The molecule has 6 aromatic carbocycles. The molecule has 0 unspecified atom stereocenters. The van der Waals surface area contributed by atoms with Crippen molar-refractivity contribution in [3.8, 4) is 0 Å².